The van der Waals surface area contributed by atoms with Crippen LogP contribution in [0.1, 0.15) is 11.7 Å². The third-order valence-corrected chi connectivity index (χ3v) is 1.62. The summed E-state index contributed by atoms with van der Waals surface area (Å²) in [6, 6.07) is 9.30. The molecule has 13 heavy (non-hydrogen) atoms. The van der Waals surface area contributed by atoms with Gasteiger partial charge in [-0.3, -0.25) is 0 Å². The van der Waals surface area contributed by atoms with Gasteiger partial charge < -0.3 is 14.3 Å². The molecule has 0 aliphatic heterocycles. The van der Waals surface area contributed by atoms with Crippen LogP contribution in [0.15, 0.2) is 30.3 Å². The zero-order valence-corrected chi connectivity index (χ0v) is 7.47. The van der Waals surface area contributed by atoms with Crippen molar-refractivity contribution in [3.8, 4) is 0 Å². The molecule has 1 atom stereocenters. The van der Waals surface area contributed by atoms with E-state index >= 15 is 0 Å². The molecule has 3 heteroatoms. The van der Waals surface area contributed by atoms with Crippen molar-refractivity contribution in [3.05, 3.63) is 35.9 Å². The fourth-order valence-corrected chi connectivity index (χ4v) is 0.998. The number of aldehydes is 1. The van der Waals surface area contributed by atoms with Crippen LogP contribution in [-0.4, -0.2) is 20.2 Å². The van der Waals surface area contributed by atoms with E-state index in [1.807, 2.05) is 30.3 Å². The predicted octanol–water partition coefficient (Wildman–Crippen LogP) is 1.55. The van der Waals surface area contributed by atoms with Crippen LogP contribution in [0.3, 0.4) is 0 Å². The summed E-state index contributed by atoms with van der Waals surface area (Å²) < 4.78 is 9.85. The molecule has 1 rings (SSSR count). The van der Waals surface area contributed by atoms with Crippen molar-refractivity contribution in [2.24, 2.45) is 0 Å². The minimum Gasteiger partial charge on any atom is -0.359 e. The lowest BCUT2D eigenvalue weighted by molar-refractivity contribution is -0.128. The van der Waals surface area contributed by atoms with Gasteiger partial charge in [0.05, 0.1) is 0 Å². The topological polar surface area (TPSA) is 35.5 Å². The molecule has 0 aliphatic carbocycles. The van der Waals surface area contributed by atoms with Crippen LogP contribution >= 0.6 is 0 Å². The Hall–Kier alpha value is -1.19. The number of rotatable bonds is 5. The minimum atomic E-state index is -0.527. The molecule has 0 saturated heterocycles. The highest BCUT2D eigenvalue weighted by atomic mass is 16.7. The van der Waals surface area contributed by atoms with Crippen molar-refractivity contribution in [2.75, 3.05) is 13.9 Å². The summed E-state index contributed by atoms with van der Waals surface area (Å²) in [6.07, 6.45) is 0.232. The highest BCUT2D eigenvalue weighted by molar-refractivity contribution is 5.59. The van der Waals surface area contributed by atoms with Gasteiger partial charge >= 0.3 is 0 Å². The molecule has 0 N–H and O–H groups in total. The van der Waals surface area contributed by atoms with E-state index in [0.29, 0.717) is 0 Å². The molecule has 0 fully saturated rings. The first-order valence-electron chi connectivity index (χ1n) is 3.99. The second-order valence-electron chi connectivity index (χ2n) is 2.54. The zero-order valence-electron chi connectivity index (χ0n) is 7.47. The van der Waals surface area contributed by atoms with Gasteiger partial charge in [0, 0.05) is 7.11 Å². The van der Waals surface area contributed by atoms with E-state index in [9.17, 15) is 4.79 Å². The number of methoxy groups -OCH3 is 1. The van der Waals surface area contributed by atoms with E-state index in [2.05, 4.69) is 0 Å². The van der Waals surface area contributed by atoms with Gasteiger partial charge in [0.25, 0.3) is 0 Å². The van der Waals surface area contributed by atoms with Crippen molar-refractivity contribution in [1.29, 1.82) is 0 Å². The Morgan fingerprint density at radius 3 is 2.62 bits per heavy atom. The van der Waals surface area contributed by atoms with Crippen molar-refractivity contribution in [2.45, 2.75) is 6.10 Å². The number of ether oxygens (including phenoxy) is 2. The molecule has 0 amide bonds. The predicted molar refractivity (Wildman–Crippen MR) is 48.2 cm³/mol. The van der Waals surface area contributed by atoms with Gasteiger partial charge in [0.15, 0.2) is 6.29 Å². The fraction of sp³-hybridized carbons (Fsp3) is 0.300. The van der Waals surface area contributed by atoms with E-state index in [1.165, 1.54) is 7.11 Å². The minimum absolute atomic E-state index is 0.123. The number of hydrogen-bond donors (Lipinski definition) is 0. The third kappa shape index (κ3) is 2.97. The maximum atomic E-state index is 10.6. The monoisotopic (exact) mass is 180 g/mol. The van der Waals surface area contributed by atoms with Crippen molar-refractivity contribution in [3.63, 3.8) is 0 Å². The van der Waals surface area contributed by atoms with E-state index in [0.717, 1.165) is 11.8 Å². The molecule has 1 aromatic carbocycles. The van der Waals surface area contributed by atoms with Gasteiger partial charge in [-0.1, -0.05) is 30.3 Å². The molecule has 0 unspecified atom stereocenters. The highest BCUT2D eigenvalue weighted by Gasteiger charge is 2.08. The number of carbonyl (C=O) groups is 1. The number of carbonyl (C=O) groups excluding carboxylic acids is 1. The van der Waals surface area contributed by atoms with E-state index < -0.39 is 6.10 Å². The Balaban J connectivity index is 2.61. The second kappa shape index (κ2) is 5.45. The number of benzene rings is 1. The Bertz CT molecular complexity index is 246. The second-order valence-corrected chi connectivity index (χ2v) is 2.54. The Kier molecular flexibility index (Phi) is 4.15. The molecule has 3 nitrogen and oxygen atoms in total. The molecule has 70 valence electrons. The Labute approximate surface area is 77.3 Å². The maximum absolute atomic E-state index is 10.6. The Morgan fingerprint density at radius 1 is 1.38 bits per heavy atom. The summed E-state index contributed by atoms with van der Waals surface area (Å²) in [5.41, 5.74) is 0.842. The summed E-state index contributed by atoms with van der Waals surface area (Å²) >= 11 is 0. The van der Waals surface area contributed by atoms with Crippen LogP contribution < -0.4 is 0 Å². The molecule has 0 spiro atoms. The van der Waals surface area contributed by atoms with Gasteiger partial charge in [-0.25, -0.2) is 0 Å². The molecule has 0 heterocycles. The summed E-state index contributed by atoms with van der Waals surface area (Å²) in [5.74, 6) is 0. The fourth-order valence-electron chi connectivity index (χ4n) is 0.998. The lowest BCUT2D eigenvalue weighted by atomic mass is 10.1. The molecular weight excluding hydrogens is 168 g/mol. The molecule has 1 aromatic rings. The lowest BCUT2D eigenvalue weighted by Crippen LogP contribution is -2.07. The summed E-state index contributed by atoms with van der Waals surface area (Å²) in [6.45, 7) is 0.123. The zero-order chi connectivity index (χ0) is 9.52. The molecule has 0 bridgehead atoms. The number of hydrogen-bond acceptors (Lipinski definition) is 3. The summed E-state index contributed by atoms with van der Waals surface area (Å²) in [5, 5.41) is 0. The van der Waals surface area contributed by atoms with Gasteiger partial charge in [-0.05, 0) is 5.56 Å². The Morgan fingerprint density at radius 2 is 2.08 bits per heavy atom. The van der Waals surface area contributed by atoms with E-state index in [4.69, 9.17) is 9.47 Å². The molecular formula is C10H12O3. The first-order chi connectivity index (χ1) is 6.38. The van der Waals surface area contributed by atoms with Crippen LogP contribution in [0.4, 0.5) is 0 Å². The molecule has 0 radical (unpaired) electrons. The quantitative estimate of drug-likeness (QED) is 0.509. The standard InChI is InChI=1S/C10H12O3/c1-12-8-13-10(7-11)9-5-3-2-4-6-9/h2-7,10H,8H2,1H3/t10-/m1/s1. The van der Waals surface area contributed by atoms with Crippen LogP contribution in [0.5, 0.6) is 0 Å². The summed E-state index contributed by atoms with van der Waals surface area (Å²) in [7, 11) is 1.52. The first kappa shape index (κ1) is 9.89. The lowest BCUT2D eigenvalue weighted by Gasteiger charge is -2.10. The van der Waals surface area contributed by atoms with Crippen molar-refractivity contribution >= 4 is 6.29 Å². The largest absolute Gasteiger partial charge is 0.359 e. The summed E-state index contributed by atoms with van der Waals surface area (Å²) in [4.78, 5) is 10.6. The molecule has 0 aromatic heterocycles. The first-order valence-corrected chi connectivity index (χ1v) is 3.99. The normalized spacial score (nSPS) is 12.4. The van der Waals surface area contributed by atoms with Crippen LogP contribution in [0, 0.1) is 0 Å². The molecule has 0 aliphatic rings. The van der Waals surface area contributed by atoms with Gasteiger partial charge in [-0.15, -0.1) is 0 Å². The van der Waals surface area contributed by atoms with Gasteiger partial charge in [0.1, 0.15) is 12.9 Å². The smallest absolute Gasteiger partial charge is 0.153 e. The average Bonchev–Trinajstić information content (AvgIpc) is 2.21. The van der Waals surface area contributed by atoms with Gasteiger partial charge in [-0.2, -0.15) is 0 Å². The molecule has 0 saturated carbocycles. The van der Waals surface area contributed by atoms with Crippen molar-refractivity contribution in [1.82, 2.24) is 0 Å². The van der Waals surface area contributed by atoms with E-state index in [-0.39, 0.29) is 6.79 Å². The SMILES string of the molecule is COCO[C@H](C=O)c1ccccc1. The maximum Gasteiger partial charge on any atom is 0.153 e. The van der Waals surface area contributed by atoms with Crippen molar-refractivity contribution < 1.29 is 14.3 Å². The van der Waals surface area contributed by atoms with Crippen LogP contribution in [0.25, 0.3) is 0 Å². The highest BCUT2D eigenvalue weighted by Crippen LogP contribution is 2.13. The van der Waals surface area contributed by atoms with E-state index in [1.54, 1.807) is 0 Å². The van der Waals surface area contributed by atoms with Crippen LogP contribution in [-0.2, 0) is 14.3 Å². The van der Waals surface area contributed by atoms with Crippen LogP contribution in [0.2, 0.25) is 0 Å². The third-order valence-electron chi connectivity index (χ3n) is 1.62. The van der Waals surface area contributed by atoms with Gasteiger partial charge in [0.2, 0.25) is 0 Å². The average molecular weight is 180 g/mol.